The number of aliphatic hydroxyl groups excluding tert-OH is 1. The van der Waals surface area contributed by atoms with Gasteiger partial charge in [-0.1, -0.05) is 0 Å². The van der Waals surface area contributed by atoms with Crippen molar-refractivity contribution in [2.24, 2.45) is 0 Å². The molecule has 0 amide bonds. The van der Waals surface area contributed by atoms with E-state index in [9.17, 15) is 4.79 Å². The molecule has 1 N–H and O–H groups in total. The Labute approximate surface area is 73.0 Å². The quantitative estimate of drug-likeness (QED) is 0.504. The molecule has 1 unspecified atom stereocenters. The van der Waals surface area contributed by atoms with Gasteiger partial charge in [0.1, 0.15) is 5.60 Å². The molecule has 0 aliphatic rings. The lowest BCUT2D eigenvalue weighted by molar-refractivity contribution is -0.148. The van der Waals surface area contributed by atoms with E-state index < -0.39 is 17.7 Å². The van der Waals surface area contributed by atoms with E-state index >= 15 is 0 Å². The van der Waals surface area contributed by atoms with Crippen LogP contribution < -0.4 is 0 Å². The number of hydrogen-bond acceptors (Lipinski definition) is 3. The van der Waals surface area contributed by atoms with Crippen molar-refractivity contribution in [2.45, 2.75) is 39.4 Å². The predicted molar refractivity (Wildman–Crippen MR) is 46.7 cm³/mol. The zero-order valence-corrected chi connectivity index (χ0v) is 8.00. The Morgan fingerprint density at radius 1 is 1.50 bits per heavy atom. The van der Waals surface area contributed by atoms with E-state index in [1.54, 1.807) is 27.7 Å². The molecule has 1 atom stereocenters. The topological polar surface area (TPSA) is 46.5 Å². The van der Waals surface area contributed by atoms with Gasteiger partial charge in [-0.25, -0.2) is 4.79 Å². The Morgan fingerprint density at radius 2 is 2.00 bits per heavy atom. The van der Waals surface area contributed by atoms with Gasteiger partial charge in [0.05, 0.1) is 6.10 Å². The number of hydrogen-bond donors (Lipinski definition) is 1. The standard InChI is InChI=1S/C9H16O3/c1-7(10)5-6-8(11)12-9(2,3)4/h5-7,10H,1-4H3. The Morgan fingerprint density at radius 3 is 2.33 bits per heavy atom. The van der Waals surface area contributed by atoms with Crippen molar-refractivity contribution in [1.82, 2.24) is 0 Å². The summed E-state index contributed by atoms with van der Waals surface area (Å²) in [5.74, 6) is -0.427. The van der Waals surface area contributed by atoms with Crippen LogP contribution in [-0.2, 0) is 9.53 Å². The molecule has 0 fully saturated rings. The molecule has 0 aliphatic heterocycles. The molecule has 0 aromatic rings. The minimum absolute atomic E-state index is 0.427. The first-order valence-corrected chi connectivity index (χ1v) is 3.90. The fourth-order valence-corrected chi connectivity index (χ4v) is 0.554. The Kier molecular flexibility index (Phi) is 3.96. The minimum Gasteiger partial charge on any atom is -0.457 e. The van der Waals surface area contributed by atoms with Gasteiger partial charge in [-0.15, -0.1) is 0 Å². The van der Waals surface area contributed by atoms with Gasteiger partial charge in [-0.3, -0.25) is 0 Å². The van der Waals surface area contributed by atoms with Gasteiger partial charge in [0, 0.05) is 6.08 Å². The zero-order valence-electron chi connectivity index (χ0n) is 8.00. The molecule has 0 bridgehead atoms. The van der Waals surface area contributed by atoms with Crippen LogP contribution in [0.15, 0.2) is 12.2 Å². The Bertz CT molecular complexity index is 175. The molecular formula is C9H16O3. The minimum atomic E-state index is -0.613. The Balaban J connectivity index is 3.91. The van der Waals surface area contributed by atoms with Crippen LogP contribution in [0.3, 0.4) is 0 Å². The van der Waals surface area contributed by atoms with E-state index in [4.69, 9.17) is 9.84 Å². The molecule has 70 valence electrons. The van der Waals surface area contributed by atoms with Gasteiger partial charge in [-0.05, 0) is 33.8 Å². The van der Waals surface area contributed by atoms with Crippen LogP contribution in [0.2, 0.25) is 0 Å². The van der Waals surface area contributed by atoms with Crippen LogP contribution in [0.1, 0.15) is 27.7 Å². The summed E-state index contributed by atoms with van der Waals surface area (Å²) in [6.07, 6.45) is 2.00. The first-order valence-electron chi connectivity index (χ1n) is 3.90. The highest BCUT2D eigenvalue weighted by Gasteiger charge is 2.13. The number of aliphatic hydroxyl groups is 1. The highest BCUT2D eigenvalue weighted by molar-refractivity contribution is 5.82. The van der Waals surface area contributed by atoms with E-state index in [1.165, 1.54) is 12.2 Å². The van der Waals surface area contributed by atoms with Gasteiger partial charge < -0.3 is 9.84 Å². The van der Waals surface area contributed by atoms with Crippen molar-refractivity contribution in [3.63, 3.8) is 0 Å². The lowest BCUT2D eigenvalue weighted by Gasteiger charge is -2.17. The summed E-state index contributed by atoms with van der Waals surface area (Å²) in [6, 6.07) is 0. The summed E-state index contributed by atoms with van der Waals surface area (Å²) in [6.45, 7) is 6.95. The SMILES string of the molecule is CC(O)C=CC(=O)OC(C)(C)C. The third-order valence-corrected chi connectivity index (χ3v) is 0.918. The predicted octanol–water partition coefficient (Wildman–Crippen LogP) is 1.27. The maximum Gasteiger partial charge on any atom is 0.331 e. The van der Waals surface area contributed by atoms with E-state index in [0.717, 1.165) is 0 Å². The second-order valence-corrected chi connectivity index (χ2v) is 3.63. The summed E-state index contributed by atoms with van der Waals surface area (Å²) in [4.78, 5) is 10.9. The Hall–Kier alpha value is -0.830. The van der Waals surface area contributed by atoms with E-state index in [0.29, 0.717) is 0 Å². The number of ether oxygens (including phenoxy) is 1. The molecule has 0 saturated heterocycles. The molecule has 0 spiro atoms. The van der Waals surface area contributed by atoms with Crippen molar-refractivity contribution in [1.29, 1.82) is 0 Å². The zero-order chi connectivity index (χ0) is 9.78. The summed E-state index contributed by atoms with van der Waals surface area (Å²) in [5, 5.41) is 8.80. The van der Waals surface area contributed by atoms with E-state index in [2.05, 4.69) is 0 Å². The average Bonchev–Trinajstić information content (AvgIpc) is 1.79. The second-order valence-electron chi connectivity index (χ2n) is 3.63. The summed E-state index contributed by atoms with van der Waals surface area (Å²) >= 11 is 0. The van der Waals surface area contributed by atoms with Crippen LogP contribution in [0.4, 0.5) is 0 Å². The fraction of sp³-hybridized carbons (Fsp3) is 0.667. The molecule has 3 nitrogen and oxygen atoms in total. The van der Waals surface area contributed by atoms with Crippen LogP contribution in [0.5, 0.6) is 0 Å². The highest BCUT2D eigenvalue weighted by atomic mass is 16.6. The van der Waals surface area contributed by atoms with Crippen molar-refractivity contribution < 1.29 is 14.6 Å². The first-order chi connectivity index (χ1) is 5.31. The lowest BCUT2D eigenvalue weighted by atomic mass is 10.2. The van der Waals surface area contributed by atoms with E-state index in [-0.39, 0.29) is 0 Å². The molecule has 0 rings (SSSR count). The van der Waals surface area contributed by atoms with Gasteiger partial charge in [0.15, 0.2) is 0 Å². The van der Waals surface area contributed by atoms with E-state index in [1.807, 2.05) is 0 Å². The van der Waals surface area contributed by atoms with Crippen LogP contribution in [0, 0.1) is 0 Å². The molecule has 0 aromatic carbocycles. The largest absolute Gasteiger partial charge is 0.457 e. The van der Waals surface area contributed by atoms with Gasteiger partial charge >= 0.3 is 5.97 Å². The first kappa shape index (κ1) is 11.2. The maximum absolute atomic E-state index is 10.9. The second kappa shape index (κ2) is 4.26. The average molecular weight is 172 g/mol. The van der Waals surface area contributed by atoms with Crippen LogP contribution in [0.25, 0.3) is 0 Å². The monoisotopic (exact) mass is 172 g/mol. The molecule has 0 heterocycles. The number of rotatable bonds is 2. The third-order valence-electron chi connectivity index (χ3n) is 0.918. The summed E-state index contributed by atoms with van der Waals surface area (Å²) < 4.78 is 4.95. The van der Waals surface area contributed by atoms with Crippen molar-refractivity contribution in [3.8, 4) is 0 Å². The molecule has 12 heavy (non-hydrogen) atoms. The lowest BCUT2D eigenvalue weighted by Crippen LogP contribution is -2.22. The molecule has 3 heteroatoms. The fourth-order valence-electron chi connectivity index (χ4n) is 0.554. The number of carbonyl (C=O) groups excluding carboxylic acids is 1. The van der Waals surface area contributed by atoms with Crippen molar-refractivity contribution in [3.05, 3.63) is 12.2 Å². The normalized spacial score (nSPS) is 14.8. The van der Waals surface area contributed by atoms with Crippen LogP contribution in [-0.4, -0.2) is 22.8 Å². The number of esters is 1. The summed E-state index contributed by atoms with van der Waals surface area (Å²) in [5.41, 5.74) is -0.472. The molecule has 0 radical (unpaired) electrons. The third kappa shape index (κ3) is 7.28. The number of carbonyl (C=O) groups is 1. The van der Waals surface area contributed by atoms with Crippen molar-refractivity contribution in [2.75, 3.05) is 0 Å². The summed E-state index contributed by atoms with van der Waals surface area (Å²) in [7, 11) is 0. The molecular weight excluding hydrogens is 156 g/mol. The molecule has 0 aromatic heterocycles. The van der Waals surface area contributed by atoms with Gasteiger partial charge in [0.25, 0.3) is 0 Å². The highest BCUT2D eigenvalue weighted by Crippen LogP contribution is 2.07. The van der Waals surface area contributed by atoms with Gasteiger partial charge in [0.2, 0.25) is 0 Å². The smallest absolute Gasteiger partial charge is 0.331 e. The van der Waals surface area contributed by atoms with Crippen LogP contribution >= 0.6 is 0 Å². The van der Waals surface area contributed by atoms with Gasteiger partial charge in [-0.2, -0.15) is 0 Å². The molecule has 0 aliphatic carbocycles. The van der Waals surface area contributed by atoms with Crippen molar-refractivity contribution >= 4 is 5.97 Å². The molecule has 0 saturated carbocycles. The maximum atomic E-state index is 10.9.